The Labute approximate surface area is 146 Å². The van der Waals surface area contributed by atoms with E-state index in [4.69, 9.17) is 21.7 Å². The van der Waals surface area contributed by atoms with Gasteiger partial charge in [-0.2, -0.15) is 0 Å². The van der Waals surface area contributed by atoms with E-state index in [0.717, 1.165) is 23.3 Å². The molecule has 2 rings (SSSR count). The molecule has 0 aliphatic heterocycles. The van der Waals surface area contributed by atoms with Gasteiger partial charge in [-0.1, -0.05) is 18.2 Å². The summed E-state index contributed by atoms with van der Waals surface area (Å²) >= 11 is 6.15. The Hall–Kier alpha value is -2.66. The van der Waals surface area contributed by atoms with Crippen LogP contribution in [0.2, 0.25) is 5.02 Å². The van der Waals surface area contributed by atoms with E-state index >= 15 is 0 Å². The maximum atomic E-state index is 10.1. The number of rotatable bonds is 5. The van der Waals surface area contributed by atoms with Crippen LogP contribution >= 0.6 is 11.6 Å². The smallest absolute Gasteiger partial charge is 0.172 e. The molecular weight excluding hydrogens is 326 g/mol. The van der Waals surface area contributed by atoms with Gasteiger partial charge < -0.3 is 20.1 Å². The summed E-state index contributed by atoms with van der Waals surface area (Å²) in [5.41, 5.74) is 3.72. The number of hydrogen-bond acceptors (Lipinski definition) is 5. The van der Waals surface area contributed by atoms with Crippen LogP contribution in [0, 0.1) is 12.3 Å². The zero-order valence-electron chi connectivity index (χ0n) is 13.9. The summed E-state index contributed by atoms with van der Waals surface area (Å²) in [7, 11) is 3.97. The highest BCUT2D eigenvalue weighted by Gasteiger charge is 2.09. The molecule has 0 saturated heterocycles. The fourth-order valence-corrected chi connectivity index (χ4v) is 2.43. The molecule has 6 heteroatoms. The predicted octanol–water partition coefficient (Wildman–Crippen LogP) is 2.94. The fourth-order valence-electron chi connectivity index (χ4n) is 2.22. The van der Waals surface area contributed by atoms with E-state index in [1.807, 2.05) is 38.1 Å². The number of anilines is 3. The predicted molar refractivity (Wildman–Crippen MR) is 101 cm³/mol. The molecule has 0 aliphatic carbocycles. The van der Waals surface area contributed by atoms with Gasteiger partial charge in [-0.25, -0.2) is 0 Å². The minimum atomic E-state index is -0.131. The molecule has 2 aromatic carbocycles. The summed E-state index contributed by atoms with van der Waals surface area (Å²) in [6.07, 6.45) is 2.02. The van der Waals surface area contributed by atoms with Gasteiger partial charge in [-0.15, -0.1) is 0 Å². The Balaban J connectivity index is 2.49. The molecule has 0 amide bonds. The minimum Gasteiger partial charge on any atom is -0.506 e. The number of benzene rings is 2. The van der Waals surface area contributed by atoms with Crippen LogP contribution < -0.4 is 20.7 Å². The van der Waals surface area contributed by atoms with Crippen LogP contribution in [0.4, 0.5) is 17.1 Å². The Morgan fingerprint density at radius 3 is 2.58 bits per heavy atom. The van der Waals surface area contributed by atoms with Crippen LogP contribution in [0.15, 0.2) is 24.3 Å². The van der Waals surface area contributed by atoms with Crippen LogP contribution in [0.5, 0.6) is 5.75 Å². The zero-order valence-corrected chi connectivity index (χ0v) is 14.6. The van der Waals surface area contributed by atoms with E-state index in [0.29, 0.717) is 16.1 Å². The van der Waals surface area contributed by atoms with E-state index in [1.165, 1.54) is 6.26 Å². The molecule has 0 spiro atoms. The molecular formula is C18H20ClN3O2. The highest BCUT2D eigenvalue weighted by molar-refractivity contribution is 6.32. The molecule has 3 N–H and O–H groups in total. The Morgan fingerprint density at radius 2 is 2.00 bits per heavy atom. The van der Waals surface area contributed by atoms with Gasteiger partial charge in [0.1, 0.15) is 12.0 Å². The van der Waals surface area contributed by atoms with Crippen molar-refractivity contribution in [2.75, 3.05) is 24.3 Å². The maximum Gasteiger partial charge on any atom is 0.172 e. The lowest BCUT2D eigenvalue weighted by molar-refractivity contribution is 0.466. The monoisotopic (exact) mass is 345 g/mol. The molecule has 0 radical (unpaired) electrons. The maximum absolute atomic E-state index is 10.1. The molecule has 0 heterocycles. The van der Waals surface area contributed by atoms with Gasteiger partial charge in [0.15, 0.2) is 6.40 Å². The third kappa shape index (κ3) is 3.63. The first kappa shape index (κ1) is 17.7. The molecule has 0 fully saturated rings. The second-order valence-corrected chi connectivity index (χ2v) is 5.92. The summed E-state index contributed by atoms with van der Waals surface area (Å²) in [5, 5.41) is 21.2. The SMILES string of the molecule is C=c1c(Nc2ccc(N(C)C)cc2C)cc(=COC=N)c(O)c1Cl. The number of halogens is 1. The molecule has 0 aromatic heterocycles. The summed E-state index contributed by atoms with van der Waals surface area (Å²) in [6, 6.07) is 7.72. The second-order valence-electron chi connectivity index (χ2n) is 5.54. The Morgan fingerprint density at radius 1 is 1.29 bits per heavy atom. The fraction of sp³-hybridized carbons (Fsp3) is 0.167. The number of phenols is 1. The van der Waals surface area contributed by atoms with Gasteiger partial charge >= 0.3 is 0 Å². The van der Waals surface area contributed by atoms with Crippen molar-refractivity contribution >= 4 is 47.9 Å². The Kier molecular flexibility index (Phi) is 5.36. The first-order valence-corrected chi connectivity index (χ1v) is 7.63. The molecule has 0 bridgehead atoms. The van der Waals surface area contributed by atoms with Crippen molar-refractivity contribution in [3.63, 3.8) is 0 Å². The molecule has 0 unspecified atom stereocenters. The van der Waals surface area contributed by atoms with Crippen molar-refractivity contribution in [3.05, 3.63) is 45.3 Å². The molecule has 0 atom stereocenters. The van der Waals surface area contributed by atoms with Crippen molar-refractivity contribution in [2.45, 2.75) is 6.92 Å². The third-order valence-corrected chi connectivity index (χ3v) is 4.04. The standard InChI is InChI=1S/C18H20ClN3O2/c1-11-7-14(22(3)4)5-6-15(11)21-16-8-13(9-24-10-20)18(23)17(19)12(16)2/h5-10,20-21,23H,2H2,1,3-4H3. The molecule has 126 valence electrons. The molecule has 5 nitrogen and oxygen atoms in total. The highest BCUT2D eigenvalue weighted by Crippen LogP contribution is 2.25. The van der Waals surface area contributed by atoms with Gasteiger partial charge in [0.2, 0.25) is 0 Å². The zero-order chi connectivity index (χ0) is 17.9. The number of aromatic hydroxyl groups is 1. The van der Waals surface area contributed by atoms with Crippen molar-refractivity contribution in [2.24, 2.45) is 0 Å². The van der Waals surface area contributed by atoms with Crippen molar-refractivity contribution in [1.29, 1.82) is 5.41 Å². The van der Waals surface area contributed by atoms with E-state index < -0.39 is 0 Å². The molecule has 0 saturated carbocycles. The van der Waals surface area contributed by atoms with Gasteiger partial charge in [0.25, 0.3) is 0 Å². The first-order chi connectivity index (χ1) is 11.3. The molecule has 24 heavy (non-hydrogen) atoms. The normalized spacial score (nSPS) is 11.2. The minimum absolute atomic E-state index is 0.131. The van der Waals surface area contributed by atoms with Crippen LogP contribution in [-0.4, -0.2) is 25.6 Å². The van der Waals surface area contributed by atoms with E-state index in [9.17, 15) is 5.11 Å². The lowest BCUT2D eigenvalue weighted by Gasteiger charge is -2.16. The van der Waals surface area contributed by atoms with E-state index in [1.54, 1.807) is 6.07 Å². The summed E-state index contributed by atoms with van der Waals surface area (Å²) in [4.78, 5) is 2.03. The summed E-state index contributed by atoms with van der Waals surface area (Å²) in [6.45, 7) is 5.92. The van der Waals surface area contributed by atoms with Gasteiger partial charge in [-0.05, 0) is 36.8 Å². The number of nitrogens with one attached hydrogen (secondary N) is 2. The first-order valence-electron chi connectivity index (χ1n) is 7.25. The van der Waals surface area contributed by atoms with Crippen molar-refractivity contribution in [3.8, 4) is 5.75 Å². The van der Waals surface area contributed by atoms with Crippen LogP contribution in [0.1, 0.15) is 5.56 Å². The van der Waals surface area contributed by atoms with Crippen molar-refractivity contribution in [1.82, 2.24) is 0 Å². The van der Waals surface area contributed by atoms with E-state index in [2.05, 4.69) is 18.0 Å². The van der Waals surface area contributed by atoms with Gasteiger partial charge in [-0.3, -0.25) is 5.41 Å². The average molecular weight is 346 g/mol. The van der Waals surface area contributed by atoms with Crippen molar-refractivity contribution < 1.29 is 9.84 Å². The number of nitrogens with zero attached hydrogens (tertiary/aromatic N) is 1. The van der Waals surface area contributed by atoms with Gasteiger partial charge in [0, 0.05) is 36.4 Å². The third-order valence-electron chi connectivity index (χ3n) is 3.63. The quantitative estimate of drug-likeness (QED) is 0.443. The summed E-state index contributed by atoms with van der Waals surface area (Å²) in [5.74, 6) is -0.131. The number of hydrogen-bond donors (Lipinski definition) is 3. The largest absolute Gasteiger partial charge is 0.506 e. The van der Waals surface area contributed by atoms with Gasteiger partial charge in [0.05, 0.1) is 10.2 Å². The summed E-state index contributed by atoms with van der Waals surface area (Å²) < 4.78 is 4.81. The Bertz CT molecular complexity index is 879. The number of ether oxygens (including phenoxy) is 1. The lowest BCUT2D eigenvalue weighted by Crippen LogP contribution is -2.16. The number of aryl methyl sites for hydroxylation is 1. The van der Waals surface area contributed by atoms with Crippen LogP contribution in [-0.2, 0) is 4.74 Å². The second kappa shape index (κ2) is 7.27. The molecule has 2 aromatic rings. The lowest BCUT2D eigenvalue weighted by atomic mass is 10.1. The average Bonchev–Trinajstić information content (AvgIpc) is 2.55. The highest BCUT2D eigenvalue weighted by atomic mass is 35.5. The number of phenolic OH excluding ortho intramolecular Hbond substituents is 1. The molecule has 0 aliphatic rings. The topological polar surface area (TPSA) is 68.6 Å². The van der Waals surface area contributed by atoms with Crippen LogP contribution in [0.25, 0.3) is 12.8 Å². The van der Waals surface area contributed by atoms with E-state index in [-0.39, 0.29) is 10.8 Å². The van der Waals surface area contributed by atoms with Crippen LogP contribution in [0.3, 0.4) is 0 Å².